The summed E-state index contributed by atoms with van der Waals surface area (Å²) in [5.74, 6) is -1.14. The Kier molecular flexibility index (Phi) is 6.33. The smallest absolute Gasteiger partial charge is 0.338 e. The Morgan fingerprint density at radius 3 is 2.48 bits per heavy atom. The van der Waals surface area contributed by atoms with E-state index in [1.165, 1.54) is 25.3 Å². The molecule has 0 bridgehead atoms. The van der Waals surface area contributed by atoms with Gasteiger partial charge >= 0.3 is 5.97 Å². The van der Waals surface area contributed by atoms with E-state index in [9.17, 15) is 14.4 Å². The maximum absolute atomic E-state index is 12.0. The quantitative estimate of drug-likeness (QED) is 0.753. The Labute approximate surface area is 145 Å². The monoisotopic (exact) mass is 344 g/mol. The third kappa shape index (κ3) is 5.20. The van der Waals surface area contributed by atoms with Crippen LogP contribution in [-0.4, -0.2) is 30.4 Å². The van der Waals surface area contributed by atoms with Gasteiger partial charge in [-0.1, -0.05) is 6.92 Å². The fraction of sp³-hybridized carbons (Fsp3) is 0.278. The van der Waals surface area contributed by atoms with E-state index in [4.69, 9.17) is 9.15 Å². The largest absolute Gasteiger partial charge is 0.459 e. The fourth-order valence-corrected chi connectivity index (χ4v) is 1.96. The minimum atomic E-state index is -0.877. The van der Waals surface area contributed by atoms with E-state index in [2.05, 4.69) is 10.6 Å². The number of hydrogen-bond acceptors (Lipinski definition) is 5. The Morgan fingerprint density at radius 1 is 1.16 bits per heavy atom. The first kappa shape index (κ1) is 18.3. The van der Waals surface area contributed by atoms with E-state index < -0.39 is 12.1 Å². The Balaban J connectivity index is 1.91. The van der Waals surface area contributed by atoms with E-state index >= 15 is 0 Å². The Hall–Kier alpha value is -3.09. The third-order valence-corrected chi connectivity index (χ3v) is 3.33. The lowest BCUT2D eigenvalue weighted by atomic mass is 10.2. The molecule has 132 valence electrons. The minimum Gasteiger partial charge on any atom is -0.459 e. The van der Waals surface area contributed by atoms with Crippen molar-refractivity contribution in [3.63, 3.8) is 0 Å². The van der Waals surface area contributed by atoms with Gasteiger partial charge in [-0.05, 0) is 49.7 Å². The van der Waals surface area contributed by atoms with Crippen molar-refractivity contribution in [2.75, 3.05) is 11.9 Å². The summed E-state index contributed by atoms with van der Waals surface area (Å²) in [6, 6.07) is 9.32. The van der Waals surface area contributed by atoms with Gasteiger partial charge in [-0.3, -0.25) is 9.59 Å². The van der Waals surface area contributed by atoms with Crippen molar-refractivity contribution >= 4 is 23.5 Å². The molecule has 1 heterocycles. The fourth-order valence-electron chi connectivity index (χ4n) is 1.96. The average molecular weight is 344 g/mol. The van der Waals surface area contributed by atoms with Crippen molar-refractivity contribution in [1.29, 1.82) is 0 Å². The van der Waals surface area contributed by atoms with Crippen LogP contribution >= 0.6 is 0 Å². The van der Waals surface area contributed by atoms with Crippen LogP contribution in [0.5, 0.6) is 0 Å². The van der Waals surface area contributed by atoms with Crippen LogP contribution in [0.25, 0.3) is 0 Å². The molecular weight excluding hydrogens is 324 g/mol. The maximum Gasteiger partial charge on any atom is 0.338 e. The van der Waals surface area contributed by atoms with Crippen molar-refractivity contribution in [3.05, 3.63) is 54.0 Å². The van der Waals surface area contributed by atoms with Gasteiger partial charge in [0, 0.05) is 12.2 Å². The summed E-state index contributed by atoms with van der Waals surface area (Å²) in [7, 11) is 0. The van der Waals surface area contributed by atoms with Crippen molar-refractivity contribution < 1.29 is 23.5 Å². The van der Waals surface area contributed by atoms with Crippen molar-refractivity contribution in [3.8, 4) is 0 Å². The highest BCUT2D eigenvalue weighted by atomic mass is 16.5. The van der Waals surface area contributed by atoms with Crippen LogP contribution in [0, 0.1) is 0 Å². The molecule has 0 radical (unpaired) electrons. The molecular formula is C18H20N2O5. The molecule has 0 unspecified atom stereocenters. The highest BCUT2D eigenvalue weighted by Crippen LogP contribution is 2.13. The molecule has 0 saturated heterocycles. The zero-order valence-corrected chi connectivity index (χ0v) is 14.1. The normalized spacial score (nSPS) is 11.4. The molecule has 0 saturated carbocycles. The van der Waals surface area contributed by atoms with Gasteiger partial charge in [0.2, 0.25) is 0 Å². The van der Waals surface area contributed by atoms with Crippen LogP contribution < -0.4 is 10.6 Å². The summed E-state index contributed by atoms with van der Waals surface area (Å²) < 4.78 is 10.1. The maximum atomic E-state index is 12.0. The number of ether oxygens (including phenoxy) is 1. The average Bonchev–Trinajstić information content (AvgIpc) is 3.14. The first-order valence-electron chi connectivity index (χ1n) is 7.95. The topological polar surface area (TPSA) is 97.6 Å². The van der Waals surface area contributed by atoms with Crippen LogP contribution in [0.4, 0.5) is 5.69 Å². The van der Waals surface area contributed by atoms with Gasteiger partial charge in [0.25, 0.3) is 11.8 Å². The van der Waals surface area contributed by atoms with Crippen LogP contribution in [0.1, 0.15) is 41.2 Å². The van der Waals surface area contributed by atoms with Crippen molar-refractivity contribution in [2.45, 2.75) is 26.4 Å². The number of hydrogen-bond donors (Lipinski definition) is 2. The number of carbonyl (C=O) groups excluding carboxylic acids is 3. The van der Waals surface area contributed by atoms with E-state index in [0.717, 1.165) is 6.42 Å². The third-order valence-electron chi connectivity index (χ3n) is 3.33. The van der Waals surface area contributed by atoms with Crippen LogP contribution in [-0.2, 0) is 9.53 Å². The van der Waals surface area contributed by atoms with Crippen LogP contribution in [0.2, 0.25) is 0 Å². The first-order valence-corrected chi connectivity index (χ1v) is 7.95. The van der Waals surface area contributed by atoms with Crippen molar-refractivity contribution in [1.82, 2.24) is 5.32 Å². The molecule has 0 aliphatic rings. The second-order valence-electron chi connectivity index (χ2n) is 5.35. The van der Waals surface area contributed by atoms with E-state index in [1.807, 2.05) is 6.92 Å². The molecule has 0 aliphatic heterocycles. The second kappa shape index (κ2) is 8.68. The standard InChI is InChI=1S/C18H20N2O5/c1-3-10-19-16(21)12(2)25-18(23)13-6-8-14(9-7-13)20-17(22)15-5-4-11-24-15/h4-9,11-12H,3,10H2,1-2H3,(H,19,21)(H,20,22)/t12-/m0/s1. The number of anilines is 1. The SMILES string of the molecule is CCCNC(=O)[C@H](C)OC(=O)c1ccc(NC(=O)c2ccco2)cc1. The lowest BCUT2D eigenvalue weighted by Gasteiger charge is -2.13. The zero-order chi connectivity index (χ0) is 18.2. The van der Waals surface area contributed by atoms with Gasteiger partial charge in [0.1, 0.15) is 0 Å². The summed E-state index contributed by atoms with van der Waals surface area (Å²) in [6.45, 7) is 3.98. The van der Waals surface area contributed by atoms with Gasteiger partial charge in [-0.2, -0.15) is 0 Å². The molecule has 2 amide bonds. The Morgan fingerprint density at radius 2 is 1.88 bits per heavy atom. The molecule has 0 fully saturated rings. The summed E-state index contributed by atoms with van der Waals surface area (Å²) >= 11 is 0. The lowest BCUT2D eigenvalue weighted by Crippen LogP contribution is -2.36. The summed E-state index contributed by atoms with van der Waals surface area (Å²) in [5.41, 5.74) is 0.790. The Bertz CT molecular complexity index is 722. The van der Waals surface area contributed by atoms with Gasteiger partial charge < -0.3 is 19.8 Å². The number of benzene rings is 1. The van der Waals surface area contributed by atoms with Crippen molar-refractivity contribution in [2.24, 2.45) is 0 Å². The van der Waals surface area contributed by atoms with Crippen LogP contribution in [0.15, 0.2) is 47.1 Å². The summed E-state index contributed by atoms with van der Waals surface area (Å²) in [4.78, 5) is 35.6. The molecule has 1 aromatic heterocycles. The highest BCUT2D eigenvalue weighted by molar-refractivity contribution is 6.02. The molecule has 2 rings (SSSR count). The lowest BCUT2D eigenvalue weighted by molar-refractivity contribution is -0.129. The van der Waals surface area contributed by atoms with Gasteiger partial charge in [0.05, 0.1) is 11.8 Å². The molecule has 7 heteroatoms. The second-order valence-corrected chi connectivity index (χ2v) is 5.35. The predicted molar refractivity (Wildman–Crippen MR) is 91.3 cm³/mol. The molecule has 2 aromatic rings. The number of nitrogens with one attached hydrogen (secondary N) is 2. The first-order chi connectivity index (χ1) is 12.0. The van der Waals surface area contributed by atoms with Gasteiger partial charge in [0.15, 0.2) is 11.9 Å². The molecule has 25 heavy (non-hydrogen) atoms. The van der Waals surface area contributed by atoms with E-state index in [1.54, 1.807) is 24.3 Å². The van der Waals surface area contributed by atoms with Gasteiger partial charge in [-0.15, -0.1) is 0 Å². The van der Waals surface area contributed by atoms with Crippen LogP contribution in [0.3, 0.4) is 0 Å². The number of esters is 1. The number of amides is 2. The predicted octanol–water partition coefficient (Wildman–Crippen LogP) is 2.60. The molecule has 7 nitrogen and oxygen atoms in total. The zero-order valence-electron chi connectivity index (χ0n) is 14.1. The number of rotatable bonds is 7. The summed E-state index contributed by atoms with van der Waals surface area (Å²) in [5, 5.41) is 5.30. The highest BCUT2D eigenvalue weighted by Gasteiger charge is 2.18. The molecule has 2 N–H and O–H groups in total. The number of furan rings is 1. The van der Waals surface area contributed by atoms with E-state index in [-0.39, 0.29) is 23.1 Å². The molecule has 1 atom stereocenters. The molecule has 0 spiro atoms. The minimum absolute atomic E-state index is 0.190. The van der Waals surface area contributed by atoms with Gasteiger partial charge in [-0.25, -0.2) is 4.79 Å². The molecule has 0 aliphatic carbocycles. The van der Waals surface area contributed by atoms with E-state index in [0.29, 0.717) is 12.2 Å². The molecule has 1 aromatic carbocycles. The summed E-state index contributed by atoms with van der Waals surface area (Å²) in [6.07, 6.45) is 1.33. The number of carbonyl (C=O) groups is 3.